The van der Waals surface area contributed by atoms with E-state index in [9.17, 15) is 4.79 Å². The SMILES string of the molecule is Cc1c(-c2[nH]c3sc([C@@H]4C[C@@H]5C[C@H]4CN5CC(=O)NC4CC4)c(C)c3c2C(C)C)cn2ncnc2c1C. The number of amides is 1. The second kappa shape index (κ2) is 8.40. The van der Waals surface area contributed by atoms with Crippen molar-refractivity contribution in [1.82, 2.24) is 29.8 Å². The van der Waals surface area contributed by atoms with Gasteiger partial charge < -0.3 is 10.3 Å². The Kier molecular flexibility index (Phi) is 5.31. The lowest BCUT2D eigenvalue weighted by Gasteiger charge is -2.31. The van der Waals surface area contributed by atoms with Crippen LogP contribution in [0.4, 0.5) is 0 Å². The molecule has 7 rings (SSSR count). The van der Waals surface area contributed by atoms with Crippen LogP contribution >= 0.6 is 11.3 Å². The standard InChI is InChI=1S/C29H36N6OS/c1-14(2)24-25-17(5)27(21-9-20-8-18(21)10-34(20)12-23(36)32-19-6-7-19)37-29(25)33-26(24)22-11-35-28(30-13-31-35)16(4)15(22)3/h11,13-14,18-21,33H,6-10,12H2,1-5H3,(H,32,36)/t18-,20-,21+/m0/s1. The number of carbonyl (C=O) groups excluding carboxylic acids is 1. The van der Waals surface area contributed by atoms with E-state index in [4.69, 9.17) is 0 Å². The van der Waals surface area contributed by atoms with Crippen LogP contribution in [0.2, 0.25) is 0 Å². The number of nitrogens with zero attached hydrogens (tertiary/aromatic N) is 4. The minimum absolute atomic E-state index is 0.218. The van der Waals surface area contributed by atoms with Crippen LogP contribution in [0.1, 0.15) is 78.5 Å². The third kappa shape index (κ3) is 3.67. The monoisotopic (exact) mass is 516 g/mol. The van der Waals surface area contributed by atoms with Crippen LogP contribution in [0, 0.1) is 26.7 Å². The van der Waals surface area contributed by atoms with Gasteiger partial charge in [-0.05, 0) is 86.5 Å². The first-order chi connectivity index (χ1) is 17.8. The molecule has 5 heterocycles. The van der Waals surface area contributed by atoms with Gasteiger partial charge in [-0.2, -0.15) is 5.10 Å². The fraction of sp³-hybridized carbons (Fsp3) is 0.552. The third-order valence-corrected chi connectivity index (χ3v) is 10.6. The molecule has 4 aromatic heterocycles. The summed E-state index contributed by atoms with van der Waals surface area (Å²) in [7, 11) is 0. The summed E-state index contributed by atoms with van der Waals surface area (Å²) in [4.78, 5) is 26.0. The topological polar surface area (TPSA) is 78.3 Å². The molecule has 194 valence electrons. The minimum Gasteiger partial charge on any atom is -0.352 e. The van der Waals surface area contributed by atoms with E-state index in [0.717, 1.165) is 25.0 Å². The molecule has 3 fully saturated rings. The molecular weight excluding hydrogens is 480 g/mol. The summed E-state index contributed by atoms with van der Waals surface area (Å²) in [6.45, 7) is 12.9. The molecule has 2 bridgehead atoms. The quantitative estimate of drug-likeness (QED) is 0.358. The first-order valence-electron chi connectivity index (χ1n) is 13.8. The van der Waals surface area contributed by atoms with Gasteiger partial charge >= 0.3 is 0 Å². The van der Waals surface area contributed by atoms with Crippen LogP contribution in [0.15, 0.2) is 12.5 Å². The van der Waals surface area contributed by atoms with Crippen LogP contribution in [0.5, 0.6) is 0 Å². The second-order valence-corrected chi connectivity index (χ2v) is 13.0. The summed E-state index contributed by atoms with van der Waals surface area (Å²) in [6.07, 6.45) is 8.47. The Morgan fingerprint density at radius 3 is 2.70 bits per heavy atom. The summed E-state index contributed by atoms with van der Waals surface area (Å²) in [6, 6.07) is 0.988. The van der Waals surface area contributed by atoms with Gasteiger partial charge in [0.25, 0.3) is 0 Å². The average Bonchev–Trinajstić information content (AvgIpc) is 3.28. The number of piperidine rings is 1. The summed E-state index contributed by atoms with van der Waals surface area (Å²) in [5, 5.41) is 9.02. The number of aryl methyl sites for hydroxylation is 2. The molecule has 0 aromatic carbocycles. The number of aromatic nitrogens is 4. The number of hydrogen-bond acceptors (Lipinski definition) is 5. The van der Waals surface area contributed by atoms with Gasteiger partial charge in [-0.3, -0.25) is 9.69 Å². The zero-order chi connectivity index (χ0) is 25.6. The maximum atomic E-state index is 12.4. The van der Waals surface area contributed by atoms with E-state index in [-0.39, 0.29) is 5.91 Å². The Morgan fingerprint density at radius 1 is 1.19 bits per heavy atom. The predicted molar refractivity (Wildman–Crippen MR) is 148 cm³/mol. The molecule has 3 aliphatic rings. The van der Waals surface area contributed by atoms with Crippen molar-refractivity contribution in [3.8, 4) is 11.3 Å². The number of aromatic amines is 1. The lowest BCUT2D eigenvalue weighted by Crippen LogP contribution is -2.42. The van der Waals surface area contributed by atoms with Gasteiger partial charge in [0.05, 0.1) is 12.2 Å². The molecule has 2 N–H and O–H groups in total. The van der Waals surface area contributed by atoms with E-state index in [1.807, 2.05) is 15.9 Å². The molecular formula is C29H36N6OS. The molecule has 4 aromatic rings. The molecule has 0 unspecified atom stereocenters. The van der Waals surface area contributed by atoms with Crippen LogP contribution in [0.25, 0.3) is 27.1 Å². The van der Waals surface area contributed by atoms with Crippen LogP contribution in [0.3, 0.4) is 0 Å². The van der Waals surface area contributed by atoms with Gasteiger partial charge in [0.15, 0.2) is 5.65 Å². The van der Waals surface area contributed by atoms with E-state index < -0.39 is 0 Å². The van der Waals surface area contributed by atoms with Gasteiger partial charge in [0, 0.05) is 40.7 Å². The minimum atomic E-state index is 0.218. The van der Waals surface area contributed by atoms with Crippen LogP contribution < -0.4 is 5.32 Å². The van der Waals surface area contributed by atoms with Crippen molar-refractivity contribution < 1.29 is 4.79 Å². The number of H-pyrrole nitrogens is 1. The van der Waals surface area contributed by atoms with Crippen LogP contribution in [-0.2, 0) is 4.79 Å². The molecule has 37 heavy (non-hydrogen) atoms. The Balaban J connectivity index is 1.21. The molecule has 1 amide bonds. The van der Waals surface area contributed by atoms with Crippen molar-refractivity contribution in [1.29, 1.82) is 0 Å². The van der Waals surface area contributed by atoms with E-state index >= 15 is 0 Å². The Labute approximate surface area is 221 Å². The zero-order valence-corrected chi connectivity index (χ0v) is 23.2. The lowest BCUT2D eigenvalue weighted by atomic mass is 9.88. The summed E-state index contributed by atoms with van der Waals surface area (Å²) < 4.78 is 1.90. The Hall–Kier alpha value is -2.71. The van der Waals surface area contributed by atoms with Crippen molar-refractivity contribution in [2.75, 3.05) is 13.1 Å². The molecule has 0 radical (unpaired) electrons. The molecule has 7 nitrogen and oxygen atoms in total. The largest absolute Gasteiger partial charge is 0.352 e. The number of pyridine rings is 1. The smallest absolute Gasteiger partial charge is 0.234 e. The highest BCUT2D eigenvalue weighted by atomic mass is 32.1. The van der Waals surface area contributed by atoms with Crippen molar-refractivity contribution in [2.24, 2.45) is 5.92 Å². The average molecular weight is 517 g/mol. The van der Waals surface area contributed by atoms with Gasteiger partial charge in [0.2, 0.25) is 5.91 Å². The molecule has 2 saturated carbocycles. The highest BCUT2D eigenvalue weighted by molar-refractivity contribution is 7.19. The normalized spacial score (nSPS) is 23.8. The molecule has 1 saturated heterocycles. The first kappa shape index (κ1) is 23.4. The summed E-state index contributed by atoms with van der Waals surface area (Å²) in [5.74, 6) is 1.88. The number of fused-ring (bicyclic) bond motifs is 4. The second-order valence-electron chi connectivity index (χ2n) is 11.9. The number of likely N-dealkylation sites (tertiary alicyclic amines) is 1. The molecule has 8 heteroatoms. The maximum Gasteiger partial charge on any atom is 0.234 e. The zero-order valence-electron chi connectivity index (χ0n) is 22.4. The Bertz CT molecular complexity index is 1540. The van der Waals surface area contributed by atoms with Gasteiger partial charge in [-0.15, -0.1) is 11.3 Å². The number of hydrogen-bond donors (Lipinski definition) is 2. The van der Waals surface area contributed by atoms with Gasteiger partial charge in [0.1, 0.15) is 11.2 Å². The summed E-state index contributed by atoms with van der Waals surface area (Å²) in [5.41, 5.74) is 8.67. The van der Waals surface area contributed by atoms with E-state index in [0.29, 0.717) is 36.4 Å². The first-order valence-corrected chi connectivity index (χ1v) is 14.6. The van der Waals surface area contributed by atoms with Crippen molar-refractivity contribution >= 4 is 33.1 Å². The molecule has 1 aliphatic heterocycles. The summed E-state index contributed by atoms with van der Waals surface area (Å²) >= 11 is 1.97. The molecule has 0 spiro atoms. The van der Waals surface area contributed by atoms with Crippen molar-refractivity contribution in [2.45, 2.75) is 84.2 Å². The van der Waals surface area contributed by atoms with Crippen LogP contribution in [-0.4, -0.2) is 55.6 Å². The van der Waals surface area contributed by atoms with E-state index in [1.54, 1.807) is 11.2 Å². The highest BCUT2D eigenvalue weighted by Crippen LogP contribution is 2.53. The van der Waals surface area contributed by atoms with Gasteiger partial charge in [-0.1, -0.05) is 13.8 Å². The molecule has 3 atom stereocenters. The third-order valence-electron chi connectivity index (χ3n) is 9.22. The fourth-order valence-electron chi connectivity index (χ4n) is 7.09. The number of carbonyl (C=O) groups is 1. The predicted octanol–water partition coefficient (Wildman–Crippen LogP) is 5.44. The van der Waals surface area contributed by atoms with E-state index in [2.05, 4.69) is 66.1 Å². The van der Waals surface area contributed by atoms with Gasteiger partial charge in [-0.25, -0.2) is 9.50 Å². The Morgan fingerprint density at radius 2 is 2.00 bits per heavy atom. The number of rotatable bonds is 6. The number of thiophene rings is 1. The van der Waals surface area contributed by atoms with Crippen molar-refractivity contribution in [3.05, 3.63) is 39.7 Å². The number of nitrogens with one attached hydrogen (secondary N) is 2. The molecule has 2 aliphatic carbocycles. The fourth-order valence-corrected chi connectivity index (χ4v) is 8.53. The maximum absolute atomic E-state index is 12.4. The van der Waals surface area contributed by atoms with Crippen molar-refractivity contribution in [3.63, 3.8) is 0 Å². The highest BCUT2D eigenvalue weighted by Gasteiger charge is 2.47. The lowest BCUT2D eigenvalue weighted by molar-refractivity contribution is -0.122. The van der Waals surface area contributed by atoms with E-state index in [1.165, 1.54) is 56.6 Å².